The van der Waals surface area contributed by atoms with E-state index in [1.165, 1.54) is 36.9 Å². The fraction of sp³-hybridized carbons (Fsp3) is 0.536. The molecule has 1 aromatic heterocycles. The fourth-order valence-electron chi connectivity index (χ4n) is 4.04. The summed E-state index contributed by atoms with van der Waals surface area (Å²) in [4.78, 5) is 28.7. The van der Waals surface area contributed by atoms with E-state index in [0.717, 1.165) is 30.0 Å². The van der Waals surface area contributed by atoms with Crippen LogP contribution in [-0.4, -0.2) is 49.0 Å². The molecule has 1 aromatic carbocycles. The maximum Gasteiger partial charge on any atom is 0.424 e. The van der Waals surface area contributed by atoms with Crippen LogP contribution in [0.4, 0.5) is 4.79 Å². The molecule has 210 valence electrons. The van der Waals surface area contributed by atoms with Gasteiger partial charge in [-0.25, -0.2) is 17.5 Å². The minimum absolute atomic E-state index is 0.0146. The van der Waals surface area contributed by atoms with Gasteiger partial charge >= 0.3 is 12.1 Å². The molecule has 1 heterocycles. The van der Waals surface area contributed by atoms with Crippen molar-refractivity contribution in [2.75, 3.05) is 13.7 Å². The summed E-state index contributed by atoms with van der Waals surface area (Å²) in [6.45, 7) is 5.06. The Morgan fingerprint density at radius 3 is 2.32 bits per heavy atom. The lowest BCUT2D eigenvalue weighted by Crippen LogP contribution is -2.41. The number of aryl methyl sites for hydroxylation is 1. The van der Waals surface area contributed by atoms with Crippen LogP contribution < -0.4 is 0 Å². The second-order valence-electron chi connectivity index (χ2n) is 10.2. The molecule has 10 heteroatoms. The van der Waals surface area contributed by atoms with Crippen LogP contribution >= 0.6 is 11.6 Å². The Kier molecular flexibility index (Phi) is 12.5. The van der Waals surface area contributed by atoms with Gasteiger partial charge in [0.25, 0.3) is 10.0 Å². The Labute approximate surface area is 231 Å². The van der Waals surface area contributed by atoms with Gasteiger partial charge in [-0.3, -0.25) is 9.78 Å². The molecular weight excluding hydrogens is 528 g/mol. The highest BCUT2D eigenvalue weighted by Gasteiger charge is 2.32. The number of pyridine rings is 1. The first-order valence-electron chi connectivity index (χ1n) is 12.9. The molecule has 2 rings (SSSR count). The molecule has 0 fully saturated rings. The molecule has 0 aliphatic heterocycles. The number of ether oxygens (including phenoxy) is 2. The smallest absolute Gasteiger partial charge is 0.424 e. The number of nitrogens with zero attached hydrogens (tertiary/aromatic N) is 2. The third kappa shape index (κ3) is 11.0. The molecule has 1 atom stereocenters. The van der Waals surface area contributed by atoms with E-state index < -0.39 is 21.7 Å². The van der Waals surface area contributed by atoms with E-state index in [4.69, 9.17) is 21.1 Å². The molecule has 0 radical (unpaired) electrons. The molecule has 0 saturated heterocycles. The number of halogens is 1. The van der Waals surface area contributed by atoms with Crippen molar-refractivity contribution in [2.24, 2.45) is 5.92 Å². The minimum atomic E-state index is -4.13. The highest BCUT2D eigenvalue weighted by Crippen LogP contribution is 2.25. The predicted octanol–water partition coefficient (Wildman–Crippen LogP) is 6.42. The van der Waals surface area contributed by atoms with Crippen LogP contribution in [0, 0.1) is 5.92 Å². The summed E-state index contributed by atoms with van der Waals surface area (Å²) in [5, 5.41) is 0.397. The maximum absolute atomic E-state index is 13.3. The maximum atomic E-state index is 13.3. The first kappa shape index (κ1) is 31.6. The van der Waals surface area contributed by atoms with Crippen LogP contribution in [0.25, 0.3) is 0 Å². The van der Waals surface area contributed by atoms with Gasteiger partial charge in [0, 0.05) is 30.4 Å². The quantitative estimate of drug-likeness (QED) is 0.192. The van der Waals surface area contributed by atoms with Gasteiger partial charge in [-0.15, -0.1) is 0 Å². The van der Waals surface area contributed by atoms with E-state index in [1.807, 2.05) is 18.3 Å². The molecule has 0 bridgehead atoms. The Hall–Kier alpha value is -2.65. The number of carbonyl (C=O) groups is 2. The number of sulfonamides is 1. The second kappa shape index (κ2) is 15.1. The molecule has 0 aliphatic carbocycles. The van der Waals surface area contributed by atoms with Gasteiger partial charge in [-0.2, -0.15) is 0 Å². The van der Waals surface area contributed by atoms with Crippen molar-refractivity contribution >= 4 is 33.7 Å². The number of carbonyl (C=O) groups excluding carboxylic acids is 2. The predicted molar refractivity (Wildman–Crippen MR) is 147 cm³/mol. The molecule has 1 amide bonds. The first-order chi connectivity index (χ1) is 17.9. The Morgan fingerprint density at radius 1 is 1.03 bits per heavy atom. The lowest BCUT2D eigenvalue weighted by molar-refractivity contribution is -0.141. The summed E-state index contributed by atoms with van der Waals surface area (Å²) in [6, 6.07) is 9.65. The summed E-state index contributed by atoms with van der Waals surface area (Å²) in [5.74, 6) is 0.0287. The molecular formula is C28H39ClN2O6S. The van der Waals surface area contributed by atoms with Gasteiger partial charge in [-0.05, 0) is 88.3 Å². The number of hydrogen-bond donors (Lipinski definition) is 0. The van der Waals surface area contributed by atoms with E-state index in [-0.39, 0.29) is 23.3 Å². The van der Waals surface area contributed by atoms with Crippen LogP contribution in [0.5, 0.6) is 0 Å². The molecule has 0 saturated carbocycles. The number of unbranched alkanes of at least 4 members (excludes halogenated alkanes) is 1. The highest BCUT2D eigenvalue weighted by atomic mass is 35.5. The van der Waals surface area contributed by atoms with E-state index in [9.17, 15) is 18.0 Å². The molecule has 0 spiro atoms. The monoisotopic (exact) mass is 566 g/mol. The average molecular weight is 567 g/mol. The van der Waals surface area contributed by atoms with Gasteiger partial charge in [0.1, 0.15) is 5.60 Å². The van der Waals surface area contributed by atoms with Crippen LogP contribution in [0.1, 0.15) is 71.3 Å². The van der Waals surface area contributed by atoms with Crippen molar-refractivity contribution in [2.45, 2.75) is 82.6 Å². The van der Waals surface area contributed by atoms with Crippen molar-refractivity contribution in [1.29, 1.82) is 0 Å². The summed E-state index contributed by atoms with van der Waals surface area (Å²) >= 11 is 5.92. The number of esters is 1. The van der Waals surface area contributed by atoms with E-state index in [2.05, 4.69) is 4.98 Å². The number of aromatic nitrogens is 1. The van der Waals surface area contributed by atoms with Crippen LogP contribution in [0.3, 0.4) is 0 Å². The SMILES string of the molecule is COC(=O)CC[C@H](CCCCN(C(=O)OC(C)(C)C)S(=O)(=O)c1ccc(Cl)cc1)CCCc1cccnc1. The summed E-state index contributed by atoms with van der Waals surface area (Å²) < 4.78 is 37.6. The van der Waals surface area contributed by atoms with Crippen LogP contribution in [-0.2, 0) is 30.7 Å². The van der Waals surface area contributed by atoms with Gasteiger partial charge in [0.05, 0.1) is 12.0 Å². The topological polar surface area (TPSA) is 103 Å². The van der Waals surface area contributed by atoms with Gasteiger partial charge in [-0.1, -0.05) is 36.9 Å². The van der Waals surface area contributed by atoms with Gasteiger partial charge in [0.2, 0.25) is 0 Å². The van der Waals surface area contributed by atoms with E-state index in [0.29, 0.717) is 30.7 Å². The second-order valence-corrected chi connectivity index (χ2v) is 12.5. The molecule has 38 heavy (non-hydrogen) atoms. The van der Waals surface area contributed by atoms with Crippen molar-refractivity contribution in [3.63, 3.8) is 0 Å². The normalized spacial score (nSPS) is 12.6. The minimum Gasteiger partial charge on any atom is -0.469 e. The zero-order valence-corrected chi connectivity index (χ0v) is 24.3. The first-order valence-corrected chi connectivity index (χ1v) is 14.7. The standard InChI is InChI=1S/C28H39ClN2O6S/c1-28(2,3)37-27(33)31(38(34,35)25-16-14-24(29)15-17-25)20-6-5-9-22(13-18-26(32)36-4)10-7-11-23-12-8-19-30-21-23/h8,12,14-17,19,21-22H,5-7,9-11,13,18,20H2,1-4H3/t22-/m1/s1. The zero-order chi connectivity index (χ0) is 28.2. The van der Waals surface area contributed by atoms with E-state index >= 15 is 0 Å². The number of rotatable bonds is 14. The van der Waals surface area contributed by atoms with Gasteiger partial charge < -0.3 is 9.47 Å². The molecule has 0 aliphatic rings. The third-order valence-electron chi connectivity index (χ3n) is 6.01. The number of amides is 1. The number of hydrogen-bond acceptors (Lipinski definition) is 7. The van der Waals surface area contributed by atoms with Crippen molar-refractivity contribution < 1.29 is 27.5 Å². The van der Waals surface area contributed by atoms with Gasteiger partial charge in [0.15, 0.2) is 0 Å². The number of methoxy groups -OCH3 is 1. The summed E-state index contributed by atoms with van der Waals surface area (Å²) in [7, 11) is -2.75. The lowest BCUT2D eigenvalue weighted by Gasteiger charge is -2.27. The van der Waals surface area contributed by atoms with E-state index in [1.54, 1.807) is 27.0 Å². The highest BCUT2D eigenvalue weighted by molar-refractivity contribution is 7.89. The van der Waals surface area contributed by atoms with Crippen LogP contribution in [0.2, 0.25) is 5.02 Å². The Morgan fingerprint density at radius 2 is 1.71 bits per heavy atom. The van der Waals surface area contributed by atoms with Crippen molar-refractivity contribution in [1.82, 2.24) is 9.29 Å². The fourth-order valence-corrected chi connectivity index (χ4v) is 5.51. The summed E-state index contributed by atoms with van der Waals surface area (Å²) in [5.41, 5.74) is 0.317. The van der Waals surface area contributed by atoms with Crippen LogP contribution in [0.15, 0.2) is 53.7 Å². The van der Waals surface area contributed by atoms with Crippen molar-refractivity contribution in [3.05, 3.63) is 59.4 Å². The molecule has 8 nitrogen and oxygen atoms in total. The molecule has 0 N–H and O–H groups in total. The van der Waals surface area contributed by atoms with Crippen molar-refractivity contribution in [3.8, 4) is 0 Å². The zero-order valence-electron chi connectivity index (χ0n) is 22.7. The lowest BCUT2D eigenvalue weighted by atomic mass is 9.91. The Bertz CT molecular complexity index is 1120. The number of benzene rings is 1. The largest absolute Gasteiger partial charge is 0.469 e. The molecule has 2 aromatic rings. The average Bonchev–Trinajstić information content (AvgIpc) is 2.86. The molecule has 0 unspecified atom stereocenters. The Balaban J connectivity index is 2.03. The summed E-state index contributed by atoms with van der Waals surface area (Å²) in [6.07, 6.45) is 8.44. The third-order valence-corrected chi connectivity index (χ3v) is 8.04.